The molecule has 1 aromatic carbocycles. The second-order valence-corrected chi connectivity index (χ2v) is 6.72. The number of rotatable bonds is 8. The standard InChI is InChI=1S/C20H31NO2/c1-3-4-14-23-16(2)20(22)21-19-13-9-8-12-18(19)15-17-10-6-5-7-11-17/h5-7,10-11,16,18-19H,3-4,8-9,12-15H2,1-2H3,(H,21,22). The van der Waals surface area contributed by atoms with E-state index in [0.29, 0.717) is 12.5 Å². The van der Waals surface area contributed by atoms with E-state index in [4.69, 9.17) is 4.74 Å². The Labute approximate surface area is 140 Å². The molecule has 3 atom stereocenters. The maximum atomic E-state index is 12.4. The molecule has 1 aliphatic carbocycles. The van der Waals surface area contributed by atoms with E-state index in [2.05, 4.69) is 42.6 Å². The largest absolute Gasteiger partial charge is 0.369 e. The summed E-state index contributed by atoms with van der Waals surface area (Å²) in [6.45, 7) is 4.66. The highest BCUT2D eigenvalue weighted by Gasteiger charge is 2.28. The fourth-order valence-corrected chi connectivity index (χ4v) is 3.34. The van der Waals surface area contributed by atoms with Crippen LogP contribution in [0, 0.1) is 5.92 Å². The molecule has 1 fully saturated rings. The van der Waals surface area contributed by atoms with E-state index in [1.165, 1.54) is 24.8 Å². The highest BCUT2D eigenvalue weighted by molar-refractivity contribution is 5.80. The Hall–Kier alpha value is -1.35. The molecule has 3 heteroatoms. The van der Waals surface area contributed by atoms with Gasteiger partial charge < -0.3 is 10.1 Å². The van der Waals surface area contributed by atoms with Gasteiger partial charge in [0.25, 0.3) is 0 Å². The summed E-state index contributed by atoms with van der Waals surface area (Å²) in [4.78, 5) is 12.4. The Kier molecular flexibility index (Phi) is 7.60. The fourth-order valence-electron chi connectivity index (χ4n) is 3.34. The molecule has 3 nitrogen and oxygen atoms in total. The van der Waals surface area contributed by atoms with Crippen LogP contribution in [0.4, 0.5) is 0 Å². The number of unbranched alkanes of at least 4 members (excludes halogenated alkanes) is 1. The minimum Gasteiger partial charge on any atom is -0.369 e. The third kappa shape index (κ3) is 5.98. The Morgan fingerprint density at radius 3 is 2.74 bits per heavy atom. The number of benzene rings is 1. The van der Waals surface area contributed by atoms with Crippen LogP contribution in [0.5, 0.6) is 0 Å². The lowest BCUT2D eigenvalue weighted by Gasteiger charge is -2.33. The van der Waals surface area contributed by atoms with Gasteiger partial charge in [-0.25, -0.2) is 0 Å². The molecule has 1 amide bonds. The van der Waals surface area contributed by atoms with Gasteiger partial charge in [-0.05, 0) is 44.1 Å². The molecule has 1 aliphatic rings. The van der Waals surface area contributed by atoms with Crippen LogP contribution in [-0.2, 0) is 16.0 Å². The molecule has 1 aromatic rings. The zero-order chi connectivity index (χ0) is 16.5. The molecule has 23 heavy (non-hydrogen) atoms. The van der Waals surface area contributed by atoms with Gasteiger partial charge in [0, 0.05) is 12.6 Å². The third-order valence-corrected chi connectivity index (χ3v) is 4.81. The van der Waals surface area contributed by atoms with Gasteiger partial charge in [0.15, 0.2) is 0 Å². The molecule has 0 aromatic heterocycles. The predicted molar refractivity (Wildman–Crippen MR) is 94.4 cm³/mol. The molecule has 0 radical (unpaired) electrons. The van der Waals surface area contributed by atoms with Crippen molar-refractivity contribution in [2.45, 2.75) is 70.9 Å². The van der Waals surface area contributed by atoms with Crippen LogP contribution in [-0.4, -0.2) is 24.7 Å². The first kappa shape index (κ1) is 18.0. The van der Waals surface area contributed by atoms with Crippen molar-refractivity contribution in [3.8, 4) is 0 Å². The maximum Gasteiger partial charge on any atom is 0.249 e. The second kappa shape index (κ2) is 9.71. The number of ether oxygens (including phenoxy) is 1. The second-order valence-electron chi connectivity index (χ2n) is 6.72. The summed E-state index contributed by atoms with van der Waals surface area (Å²) >= 11 is 0. The lowest BCUT2D eigenvalue weighted by Crippen LogP contribution is -2.46. The van der Waals surface area contributed by atoms with Crippen molar-refractivity contribution in [1.29, 1.82) is 0 Å². The predicted octanol–water partition coefficient (Wildman–Crippen LogP) is 4.11. The molecule has 0 bridgehead atoms. The average Bonchev–Trinajstić information content (AvgIpc) is 2.57. The number of amides is 1. The fraction of sp³-hybridized carbons (Fsp3) is 0.650. The van der Waals surface area contributed by atoms with Crippen molar-refractivity contribution in [1.82, 2.24) is 5.32 Å². The molecule has 128 valence electrons. The molecule has 0 heterocycles. The van der Waals surface area contributed by atoms with E-state index >= 15 is 0 Å². The summed E-state index contributed by atoms with van der Waals surface area (Å²) < 4.78 is 5.63. The minimum absolute atomic E-state index is 0.0473. The molecule has 0 spiro atoms. The van der Waals surface area contributed by atoms with Gasteiger partial charge in [-0.2, -0.15) is 0 Å². The highest BCUT2D eigenvalue weighted by atomic mass is 16.5. The summed E-state index contributed by atoms with van der Waals surface area (Å²) in [6.07, 6.45) is 7.58. The monoisotopic (exact) mass is 317 g/mol. The molecule has 1 N–H and O–H groups in total. The van der Waals surface area contributed by atoms with Crippen LogP contribution in [0.25, 0.3) is 0 Å². The molecule has 0 saturated heterocycles. The third-order valence-electron chi connectivity index (χ3n) is 4.81. The van der Waals surface area contributed by atoms with Crippen molar-refractivity contribution < 1.29 is 9.53 Å². The van der Waals surface area contributed by atoms with Crippen LogP contribution in [0.3, 0.4) is 0 Å². The van der Waals surface area contributed by atoms with Crippen molar-refractivity contribution in [3.05, 3.63) is 35.9 Å². The molecular weight excluding hydrogens is 286 g/mol. The normalized spacial score (nSPS) is 22.5. The van der Waals surface area contributed by atoms with Crippen LogP contribution < -0.4 is 5.32 Å². The summed E-state index contributed by atoms with van der Waals surface area (Å²) in [7, 11) is 0. The Bertz CT molecular complexity index is 460. The zero-order valence-corrected chi connectivity index (χ0v) is 14.6. The summed E-state index contributed by atoms with van der Waals surface area (Å²) in [6, 6.07) is 10.9. The first-order valence-electron chi connectivity index (χ1n) is 9.16. The van der Waals surface area contributed by atoms with E-state index in [9.17, 15) is 4.79 Å². The lowest BCUT2D eigenvalue weighted by atomic mass is 9.80. The number of hydrogen-bond donors (Lipinski definition) is 1. The number of carbonyl (C=O) groups is 1. The Morgan fingerprint density at radius 1 is 1.26 bits per heavy atom. The maximum absolute atomic E-state index is 12.4. The first-order chi connectivity index (χ1) is 11.2. The van der Waals surface area contributed by atoms with Crippen LogP contribution >= 0.6 is 0 Å². The van der Waals surface area contributed by atoms with Crippen LogP contribution in [0.15, 0.2) is 30.3 Å². The molecule has 1 saturated carbocycles. The summed E-state index contributed by atoms with van der Waals surface area (Å²) in [5.74, 6) is 0.587. The first-order valence-corrected chi connectivity index (χ1v) is 9.16. The minimum atomic E-state index is -0.346. The molecule has 2 rings (SSSR count). The SMILES string of the molecule is CCCCOC(C)C(=O)NC1CCCCC1Cc1ccccc1. The number of hydrogen-bond acceptors (Lipinski definition) is 2. The van der Waals surface area contributed by atoms with E-state index in [-0.39, 0.29) is 18.1 Å². The average molecular weight is 317 g/mol. The van der Waals surface area contributed by atoms with Gasteiger partial charge in [-0.1, -0.05) is 56.5 Å². The number of nitrogens with one attached hydrogen (secondary N) is 1. The van der Waals surface area contributed by atoms with Crippen molar-refractivity contribution in [2.24, 2.45) is 5.92 Å². The lowest BCUT2D eigenvalue weighted by molar-refractivity contribution is -0.133. The van der Waals surface area contributed by atoms with Gasteiger partial charge in [-0.3, -0.25) is 4.79 Å². The van der Waals surface area contributed by atoms with Gasteiger partial charge in [-0.15, -0.1) is 0 Å². The van der Waals surface area contributed by atoms with Crippen LogP contribution in [0.2, 0.25) is 0 Å². The smallest absolute Gasteiger partial charge is 0.249 e. The summed E-state index contributed by atoms with van der Waals surface area (Å²) in [5, 5.41) is 3.25. The van der Waals surface area contributed by atoms with Crippen molar-refractivity contribution >= 4 is 5.91 Å². The van der Waals surface area contributed by atoms with E-state index in [0.717, 1.165) is 25.7 Å². The molecule has 3 unspecified atom stereocenters. The Balaban J connectivity index is 1.86. The molecular formula is C20H31NO2. The van der Waals surface area contributed by atoms with Crippen LogP contribution in [0.1, 0.15) is 57.9 Å². The van der Waals surface area contributed by atoms with Gasteiger partial charge in [0.05, 0.1) is 0 Å². The quantitative estimate of drug-likeness (QED) is 0.733. The van der Waals surface area contributed by atoms with E-state index in [1.807, 2.05) is 6.92 Å². The van der Waals surface area contributed by atoms with Gasteiger partial charge in [0.2, 0.25) is 5.91 Å². The Morgan fingerprint density at radius 2 is 2.00 bits per heavy atom. The van der Waals surface area contributed by atoms with E-state index in [1.54, 1.807) is 0 Å². The zero-order valence-electron chi connectivity index (χ0n) is 14.6. The van der Waals surface area contributed by atoms with Crippen molar-refractivity contribution in [2.75, 3.05) is 6.61 Å². The topological polar surface area (TPSA) is 38.3 Å². The summed E-state index contributed by atoms with van der Waals surface area (Å²) in [5.41, 5.74) is 1.37. The molecule has 0 aliphatic heterocycles. The highest BCUT2D eigenvalue weighted by Crippen LogP contribution is 2.27. The van der Waals surface area contributed by atoms with Gasteiger partial charge in [0.1, 0.15) is 6.10 Å². The van der Waals surface area contributed by atoms with E-state index < -0.39 is 0 Å². The number of carbonyl (C=O) groups excluding carboxylic acids is 1. The van der Waals surface area contributed by atoms with Crippen molar-refractivity contribution in [3.63, 3.8) is 0 Å². The van der Waals surface area contributed by atoms with Gasteiger partial charge >= 0.3 is 0 Å².